The molecule has 0 saturated carbocycles. The maximum absolute atomic E-state index is 12.6. The predicted octanol–water partition coefficient (Wildman–Crippen LogP) is 3.41. The van der Waals surface area contributed by atoms with Gasteiger partial charge in [0.15, 0.2) is 0 Å². The standard InChI is InChI=1S/C20H22ClN3O3/c1-23(2)15-5-7-16(8-6-15)24-12-13(10-19(24)25)20(26)22-14-4-9-18(27-3)17(21)11-14/h4-9,11,13H,10,12H2,1-3H3,(H,22,26). The summed E-state index contributed by atoms with van der Waals surface area (Å²) < 4.78 is 5.11. The van der Waals surface area contributed by atoms with Gasteiger partial charge in [0.05, 0.1) is 18.1 Å². The summed E-state index contributed by atoms with van der Waals surface area (Å²) in [5.41, 5.74) is 2.43. The molecule has 142 valence electrons. The molecule has 0 bridgehead atoms. The summed E-state index contributed by atoms with van der Waals surface area (Å²) in [6.45, 7) is 0.357. The van der Waals surface area contributed by atoms with Crippen LogP contribution in [0.2, 0.25) is 5.02 Å². The van der Waals surface area contributed by atoms with Gasteiger partial charge in [-0.3, -0.25) is 9.59 Å². The van der Waals surface area contributed by atoms with Gasteiger partial charge in [-0.1, -0.05) is 11.6 Å². The second-order valence-electron chi connectivity index (χ2n) is 6.65. The van der Waals surface area contributed by atoms with E-state index < -0.39 is 5.92 Å². The average molecular weight is 388 g/mol. The number of carbonyl (C=O) groups excluding carboxylic acids is 2. The summed E-state index contributed by atoms with van der Waals surface area (Å²) in [4.78, 5) is 28.6. The van der Waals surface area contributed by atoms with Crippen molar-refractivity contribution in [3.8, 4) is 5.75 Å². The Morgan fingerprint density at radius 3 is 2.52 bits per heavy atom. The first-order valence-electron chi connectivity index (χ1n) is 8.61. The van der Waals surface area contributed by atoms with Gasteiger partial charge in [0.1, 0.15) is 5.75 Å². The Morgan fingerprint density at radius 1 is 1.22 bits per heavy atom. The van der Waals surface area contributed by atoms with E-state index in [-0.39, 0.29) is 18.2 Å². The zero-order valence-corrected chi connectivity index (χ0v) is 16.3. The second-order valence-corrected chi connectivity index (χ2v) is 7.06. The zero-order chi connectivity index (χ0) is 19.6. The SMILES string of the molecule is COc1ccc(NC(=O)C2CC(=O)N(c3ccc(N(C)C)cc3)C2)cc1Cl. The Labute approximate surface area is 163 Å². The molecule has 6 nitrogen and oxygen atoms in total. The summed E-state index contributed by atoms with van der Waals surface area (Å²) >= 11 is 6.09. The molecule has 1 N–H and O–H groups in total. The van der Waals surface area contributed by atoms with Gasteiger partial charge in [-0.05, 0) is 42.5 Å². The number of amides is 2. The van der Waals surface area contributed by atoms with Gasteiger partial charge in [-0.2, -0.15) is 0 Å². The van der Waals surface area contributed by atoms with Gasteiger partial charge in [-0.15, -0.1) is 0 Å². The van der Waals surface area contributed by atoms with Gasteiger partial charge >= 0.3 is 0 Å². The van der Waals surface area contributed by atoms with Crippen LogP contribution in [0, 0.1) is 5.92 Å². The highest BCUT2D eigenvalue weighted by atomic mass is 35.5. The Hall–Kier alpha value is -2.73. The predicted molar refractivity (Wildman–Crippen MR) is 108 cm³/mol. The smallest absolute Gasteiger partial charge is 0.229 e. The maximum Gasteiger partial charge on any atom is 0.229 e. The molecule has 7 heteroatoms. The molecule has 0 aliphatic carbocycles. The second kappa shape index (κ2) is 7.88. The fourth-order valence-corrected chi connectivity index (χ4v) is 3.31. The van der Waals surface area contributed by atoms with Crippen LogP contribution in [0.5, 0.6) is 5.75 Å². The first-order valence-corrected chi connectivity index (χ1v) is 8.99. The Balaban J connectivity index is 1.67. The van der Waals surface area contributed by atoms with Crippen LogP contribution in [0.1, 0.15) is 6.42 Å². The number of halogens is 1. The van der Waals surface area contributed by atoms with Crippen molar-refractivity contribution < 1.29 is 14.3 Å². The minimum Gasteiger partial charge on any atom is -0.495 e. The van der Waals surface area contributed by atoms with Crippen LogP contribution in [0.15, 0.2) is 42.5 Å². The number of nitrogens with zero attached hydrogens (tertiary/aromatic N) is 2. The lowest BCUT2D eigenvalue weighted by Gasteiger charge is -2.19. The number of ether oxygens (including phenoxy) is 1. The number of benzene rings is 2. The summed E-state index contributed by atoms with van der Waals surface area (Å²) in [7, 11) is 5.45. The monoisotopic (exact) mass is 387 g/mol. The maximum atomic E-state index is 12.6. The molecule has 0 aromatic heterocycles. The van der Waals surface area contributed by atoms with Crippen molar-refractivity contribution >= 4 is 40.5 Å². The van der Waals surface area contributed by atoms with Crippen molar-refractivity contribution in [1.29, 1.82) is 0 Å². The van der Waals surface area contributed by atoms with E-state index in [1.807, 2.05) is 43.3 Å². The van der Waals surface area contributed by atoms with Gasteiger partial charge in [-0.25, -0.2) is 0 Å². The number of carbonyl (C=O) groups is 2. The molecule has 2 amide bonds. The Morgan fingerprint density at radius 2 is 1.93 bits per heavy atom. The summed E-state index contributed by atoms with van der Waals surface area (Å²) in [5, 5.41) is 3.25. The number of anilines is 3. The molecule has 1 aliphatic rings. The number of hydrogen-bond acceptors (Lipinski definition) is 4. The Bertz CT molecular complexity index is 852. The topological polar surface area (TPSA) is 61.9 Å². The molecule has 1 fully saturated rings. The molecule has 1 unspecified atom stereocenters. The van der Waals surface area contributed by atoms with E-state index in [0.29, 0.717) is 23.0 Å². The fourth-order valence-electron chi connectivity index (χ4n) is 3.05. The highest BCUT2D eigenvalue weighted by Crippen LogP contribution is 2.30. The molecule has 1 heterocycles. The van der Waals surface area contributed by atoms with E-state index in [2.05, 4.69) is 5.32 Å². The van der Waals surface area contributed by atoms with E-state index in [4.69, 9.17) is 16.3 Å². The molecule has 0 radical (unpaired) electrons. The van der Waals surface area contributed by atoms with Crippen LogP contribution in [-0.2, 0) is 9.59 Å². The first kappa shape index (κ1) is 19.0. The molecular weight excluding hydrogens is 366 g/mol. The van der Waals surface area contributed by atoms with E-state index in [0.717, 1.165) is 11.4 Å². The van der Waals surface area contributed by atoms with Crippen molar-refractivity contribution in [1.82, 2.24) is 0 Å². The van der Waals surface area contributed by atoms with E-state index in [1.165, 1.54) is 7.11 Å². The van der Waals surface area contributed by atoms with Crippen molar-refractivity contribution in [2.24, 2.45) is 5.92 Å². The van der Waals surface area contributed by atoms with Crippen LogP contribution >= 0.6 is 11.6 Å². The van der Waals surface area contributed by atoms with Crippen molar-refractivity contribution in [2.75, 3.05) is 42.9 Å². The zero-order valence-electron chi connectivity index (χ0n) is 15.5. The fraction of sp³-hybridized carbons (Fsp3) is 0.300. The molecule has 2 aromatic rings. The van der Waals surface area contributed by atoms with E-state index in [1.54, 1.807) is 23.1 Å². The van der Waals surface area contributed by atoms with Crippen LogP contribution in [0.25, 0.3) is 0 Å². The molecule has 1 aliphatic heterocycles. The molecule has 27 heavy (non-hydrogen) atoms. The van der Waals surface area contributed by atoms with Gasteiger partial charge in [0.25, 0.3) is 0 Å². The summed E-state index contributed by atoms with van der Waals surface area (Å²) in [5.74, 6) is -0.123. The quantitative estimate of drug-likeness (QED) is 0.854. The third-order valence-corrected chi connectivity index (χ3v) is 4.89. The first-order chi connectivity index (χ1) is 12.9. The normalized spacial score (nSPS) is 16.4. The van der Waals surface area contributed by atoms with E-state index in [9.17, 15) is 9.59 Å². The Kier molecular flexibility index (Phi) is 5.56. The van der Waals surface area contributed by atoms with Crippen molar-refractivity contribution in [3.05, 3.63) is 47.5 Å². The molecule has 1 atom stereocenters. The van der Waals surface area contributed by atoms with Crippen LogP contribution < -0.4 is 19.9 Å². The third-order valence-electron chi connectivity index (χ3n) is 4.59. The number of hydrogen-bond donors (Lipinski definition) is 1. The van der Waals surface area contributed by atoms with Crippen LogP contribution in [-0.4, -0.2) is 39.6 Å². The lowest BCUT2D eigenvalue weighted by molar-refractivity contribution is -0.122. The third kappa shape index (κ3) is 4.17. The lowest BCUT2D eigenvalue weighted by atomic mass is 10.1. The molecule has 0 spiro atoms. The number of methoxy groups -OCH3 is 1. The van der Waals surface area contributed by atoms with Gasteiger partial charge < -0.3 is 19.9 Å². The molecule has 1 saturated heterocycles. The lowest BCUT2D eigenvalue weighted by Crippen LogP contribution is -2.28. The highest BCUT2D eigenvalue weighted by molar-refractivity contribution is 6.32. The molecule has 2 aromatic carbocycles. The number of nitrogens with one attached hydrogen (secondary N) is 1. The number of rotatable bonds is 5. The summed E-state index contributed by atoms with van der Waals surface area (Å²) in [6, 6.07) is 12.7. The highest BCUT2D eigenvalue weighted by Gasteiger charge is 2.35. The van der Waals surface area contributed by atoms with Crippen molar-refractivity contribution in [2.45, 2.75) is 6.42 Å². The van der Waals surface area contributed by atoms with Gasteiger partial charge in [0, 0.05) is 44.1 Å². The average Bonchev–Trinajstić information content (AvgIpc) is 3.04. The molecule has 3 rings (SSSR count). The van der Waals surface area contributed by atoms with Crippen LogP contribution in [0.3, 0.4) is 0 Å². The largest absolute Gasteiger partial charge is 0.495 e. The summed E-state index contributed by atoms with van der Waals surface area (Å²) in [6.07, 6.45) is 0.186. The minimum absolute atomic E-state index is 0.0551. The van der Waals surface area contributed by atoms with Crippen molar-refractivity contribution in [3.63, 3.8) is 0 Å². The van der Waals surface area contributed by atoms with Crippen LogP contribution in [0.4, 0.5) is 17.1 Å². The molecular formula is C20H22ClN3O3. The minimum atomic E-state index is -0.410. The van der Waals surface area contributed by atoms with Gasteiger partial charge in [0.2, 0.25) is 11.8 Å². The van der Waals surface area contributed by atoms with E-state index >= 15 is 0 Å².